The molecule has 5 fully saturated rings. The molecule has 0 unspecified atom stereocenters. The monoisotopic (exact) mass is 918 g/mol. The predicted octanol–water partition coefficient (Wildman–Crippen LogP) is 6.67. The van der Waals surface area contributed by atoms with Crippen LogP contribution in [0, 0.1) is 28.6 Å². The largest absolute Gasteiger partial charge is 0.491 e. The Hall–Kier alpha value is -4.08. The van der Waals surface area contributed by atoms with E-state index in [-0.39, 0.29) is 61.9 Å². The van der Waals surface area contributed by atoms with Crippen molar-refractivity contribution in [2.45, 2.75) is 148 Å². The van der Waals surface area contributed by atoms with E-state index in [4.69, 9.17) is 23.9 Å². The Balaban J connectivity index is 1.15. The zero-order chi connectivity index (χ0) is 46.5. The first-order valence-corrected chi connectivity index (χ1v) is 25.6. The number of Topliss-reactive ketones (excluding diaryl/α,β-unsaturated/α-hetero) is 1. The molecule has 7 atom stereocenters. The van der Waals surface area contributed by atoms with E-state index in [1.54, 1.807) is 13.0 Å². The van der Waals surface area contributed by atoms with Crippen LogP contribution in [0.5, 0.6) is 11.6 Å². The number of carbonyl (C=O) groups excluding carboxylic acids is 4. The summed E-state index contributed by atoms with van der Waals surface area (Å²) in [4.78, 5) is 66.5. The highest BCUT2D eigenvalue weighted by atomic mass is 32.2. The zero-order valence-corrected chi connectivity index (χ0v) is 40.1. The molecule has 8 rings (SSSR count). The van der Waals surface area contributed by atoms with Gasteiger partial charge >= 0.3 is 5.97 Å². The lowest BCUT2D eigenvalue weighted by Gasteiger charge is -2.34. The van der Waals surface area contributed by atoms with Crippen LogP contribution < -0.4 is 14.2 Å². The number of amides is 2. The lowest BCUT2D eigenvalue weighted by atomic mass is 9.77. The van der Waals surface area contributed by atoms with E-state index >= 15 is 4.79 Å². The maximum Gasteiger partial charge on any atom is 0.306 e. The summed E-state index contributed by atoms with van der Waals surface area (Å²) in [5, 5.41) is 0.898. The number of morpholine rings is 1. The minimum atomic E-state index is -3.97. The summed E-state index contributed by atoms with van der Waals surface area (Å²) >= 11 is 0. The number of hydrogen-bond acceptors (Lipinski definition) is 12. The van der Waals surface area contributed by atoms with Crippen molar-refractivity contribution in [1.82, 2.24) is 19.5 Å². The highest BCUT2D eigenvalue weighted by Gasteiger charge is 2.62. The molecule has 1 aromatic carbocycles. The lowest BCUT2D eigenvalue weighted by molar-refractivity contribution is -0.154. The Kier molecular flexibility index (Phi) is 13.5. The number of fused-ring (bicyclic) bond motifs is 5. The molecule has 15 heteroatoms. The van der Waals surface area contributed by atoms with Gasteiger partial charge in [-0.25, -0.2) is 13.4 Å². The SMILES string of the molecule is C=C[C@@H]1C[C@]1(CC(=O)[C@@H]1C[C@@H]2CN1C(=O)[C@H](C(C)(C)C)CC(=O)O[C@@H]1C[C@H]1CCCCCc1c(nc3cc(C(C)C)ccc3c1OCCN1CCOCC1)O2)C(=O)NS(=O)(=O)C1(C)CC1. The Morgan fingerprint density at radius 3 is 2.51 bits per heavy atom. The van der Waals surface area contributed by atoms with Crippen molar-refractivity contribution in [3.05, 3.63) is 42.0 Å². The summed E-state index contributed by atoms with van der Waals surface area (Å²) in [6.45, 7) is 19.8. The average Bonchev–Trinajstić information content (AvgIpc) is 4.22. The highest BCUT2D eigenvalue weighted by molar-refractivity contribution is 7.91. The molecule has 1 aromatic heterocycles. The molecule has 3 aliphatic carbocycles. The minimum absolute atomic E-state index is 0.0385. The third-order valence-corrected chi connectivity index (χ3v) is 17.3. The molecular weight excluding hydrogens is 849 g/mol. The van der Waals surface area contributed by atoms with Crippen molar-refractivity contribution in [2.24, 2.45) is 28.6 Å². The van der Waals surface area contributed by atoms with Gasteiger partial charge in [-0.05, 0) is 92.7 Å². The zero-order valence-electron chi connectivity index (χ0n) is 39.3. The molecule has 356 valence electrons. The first-order valence-electron chi connectivity index (χ1n) is 24.1. The molecule has 0 radical (unpaired) electrons. The van der Waals surface area contributed by atoms with E-state index in [9.17, 15) is 22.8 Å². The fourth-order valence-electron chi connectivity index (χ4n) is 10.1. The summed E-state index contributed by atoms with van der Waals surface area (Å²) in [5.41, 5.74) is 0.701. The molecule has 2 aromatic rings. The number of nitrogens with one attached hydrogen (secondary N) is 1. The van der Waals surface area contributed by atoms with Crippen LogP contribution in [0.3, 0.4) is 0 Å². The third-order valence-electron chi connectivity index (χ3n) is 15.2. The van der Waals surface area contributed by atoms with Gasteiger partial charge in [0.25, 0.3) is 0 Å². The molecular formula is C50H70N4O10S. The standard InChI is InChI=1S/C50H70N4O10S/c1-8-34-28-50(34,47(58)52-65(59,60)49(7)16-17-49)29-41(55)40-26-35-30-54(40)46(57)38(48(4,5)6)27-43(56)64-42-25-33(42)12-10-9-11-13-37-44(62-23-20-53-18-21-61-22-19-53)36-15-14-32(31(2)3)24-39(36)51-45(37)63-35/h8,14-15,24,31,33-35,38,40,42H,1,9-13,16-23,25-30H2,2-7H3,(H,52,58)/t33-,34-,35-,38-,40+,42-,50-/m1/s1. The molecule has 2 bridgehead atoms. The first kappa shape index (κ1) is 47.4. The van der Waals surface area contributed by atoms with Gasteiger partial charge in [-0.2, -0.15) is 0 Å². The van der Waals surface area contributed by atoms with Gasteiger partial charge in [0.15, 0.2) is 5.78 Å². The van der Waals surface area contributed by atoms with Gasteiger partial charge in [-0.15, -0.1) is 6.58 Å². The molecule has 4 heterocycles. The van der Waals surface area contributed by atoms with Crippen LogP contribution in [0.25, 0.3) is 10.9 Å². The second-order valence-corrected chi connectivity index (χ2v) is 23.6. The van der Waals surface area contributed by atoms with Crippen LogP contribution in [-0.4, -0.2) is 116 Å². The maximum absolute atomic E-state index is 15.0. The van der Waals surface area contributed by atoms with Crippen molar-refractivity contribution < 1.29 is 46.5 Å². The highest BCUT2D eigenvalue weighted by Crippen LogP contribution is 2.57. The number of sulfonamides is 1. The Morgan fingerprint density at radius 1 is 1.08 bits per heavy atom. The number of aromatic nitrogens is 1. The Labute approximate surface area is 385 Å². The van der Waals surface area contributed by atoms with Gasteiger partial charge in [-0.3, -0.25) is 28.8 Å². The molecule has 3 saturated carbocycles. The van der Waals surface area contributed by atoms with Crippen LogP contribution in [0.15, 0.2) is 30.9 Å². The number of carbonyl (C=O) groups is 4. The second-order valence-electron chi connectivity index (χ2n) is 21.4. The summed E-state index contributed by atoms with van der Waals surface area (Å²) in [6, 6.07) is 5.29. The normalized spacial score (nSPS) is 29.7. The fraction of sp³-hybridized carbons (Fsp3) is 0.700. The topological polar surface area (TPSA) is 171 Å². The van der Waals surface area contributed by atoms with Gasteiger partial charge in [0.2, 0.25) is 27.7 Å². The smallest absolute Gasteiger partial charge is 0.306 e. The van der Waals surface area contributed by atoms with Crippen LogP contribution >= 0.6 is 0 Å². The van der Waals surface area contributed by atoms with Crippen molar-refractivity contribution in [2.75, 3.05) is 46.0 Å². The van der Waals surface area contributed by atoms with Crippen LogP contribution in [-0.2, 0) is 45.1 Å². The van der Waals surface area contributed by atoms with Crippen LogP contribution in [0.1, 0.15) is 129 Å². The van der Waals surface area contributed by atoms with Crippen LogP contribution in [0.4, 0.5) is 0 Å². The van der Waals surface area contributed by atoms with Gasteiger partial charge in [0.05, 0.1) is 59.4 Å². The third kappa shape index (κ3) is 10.3. The Morgan fingerprint density at radius 2 is 1.83 bits per heavy atom. The van der Waals surface area contributed by atoms with Gasteiger partial charge < -0.3 is 23.8 Å². The number of hydrogen-bond donors (Lipinski definition) is 1. The summed E-state index contributed by atoms with van der Waals surface area (Å²) in [5.74, 6) is -1.45. The Bertz CT molecular complexity index is 2280. The molecule has 1 N–H and O–H groups in total. The molecule has 0 spiro atoms. The molecule has 6 aliphatic rings. The lowest BCUT2D eigenvalue weighted by Crippen LogP contribution is -2.49. The number of ether oxygens (including phenoxy) is 4. The number of allylic oxidation sites excluding steroid dienone is 1. The summed E-state index contributed by atoms with van der Waals surface area (Å²) in [7, 11) is -3.97. The van der Waals surface area contributed by atoms with E-state index in [2.05, 4.69) is 48.2 Å². The summed E-state index contributed by atoms with van der Waals surface area (Å²) < 4.78 is 53.1. The number of pyridine rings is 1. The maximum atomic E-state index is 15.0. The van der Waals surface area contributed by atoms with Crippen molar-refractivity contribution in [3.63, 3.8) is 0 Å². The second kappa shape index (κ2) is 18.5. The van der Waals surface area contributed by atoms with Gasteiger partial charge in [0.1, 0.15) is 24.6 Å². The molecule has 14 nitrogen and oxygen atoms in total. The van der Waals surface area contributed by atoms with E-state index in [1.807, 2.05) is 20.8 Å². The van der Waals surface area contributed by atoms with E-state index < -0.39 is 61.5 Å². The number of ketones is 1. The molecule has 2 saturated heterocycles. The molecule has 2 amide bonds. The van der Waals surface area contributed by atoms with E-state index in [0.717, 1.165) is 79.5 Å². The van der Waals surface area contributed by atoms with Crippen LogP contribution in [0.2, 0.25) is 0 Å². The number of benzene rings is 1. The molecule has 65 heavy (non-hydrogen) atoms. The number of esters is 1. The van der Waals surface area contributed by atoms with Crippen molar-refractivity contribution in [1.29, 1.82) is 0 Å². The van der Waals surface area contributed by atoms with Gasteiger partial charge in [0, 0.05) is 37.9 Å². The first-order chi connectivity index (χ1) is 30.8. The number of nitrogens with zero attached hydrogens (tertiary/aromatic N) is 3. The van der Waals surface area contributed by atoms with Gasteiger partial charge in [-0.1, -0.05) is 59.6 Å². The van der Waals surface area contributed by atoms with Crippen molar-refractivity contribution in [3.8, 4) is 11.6 Å². The fourth-order valence-corrected chi connectivity index (χ4v) is 11.4. The summed E-state index contributed by atoms with van der Waals surface area (Å²) in [6.07, 6.45) is 6.74. The molecule has 3 aliphatic heterocycles. The average molecular weight is 919 g/mol. The van der Waals surface area contributed by atoms with E-state index in [0.29, 0.717) is 45.0 Å². The quantitative estimate of drug-likeness (QED) is 0.178. The van der Waals surface area contributed by atoms with E-state index in [1.165, 1.54) is 4.90 Å². The predicted molar refractivity (Wildman–Crippen MR) is 246 cm³/mol. The number of rotatable bonds is 12. The minimum Gasteiger partial charge on any atom is -0.491 e. The van der Waals surface area contributed by atoms with Crippen molar-refractivity contribution >= 4 is 44.5 Å².